The summed E-state index contributed by atoms with van der Waals surface area (Å²) >= 11 is 0. The standard InChI is InChI=1S/C15H21F3N2/c1-2-19-11-12-6-7-13(15(16,17)18)10-14(12)20-8-4-3-5-9-20/h6-7,10,19H,2-5,8-9,11H2,1H3. The van der Waals surface area contributed by atoms with Crippen molar-refractivity contribution < 1.29 is 13.2 Å². The first-order chi connectivity index (χ1) is 9.52. The van der Waals surface area contributed by atoms with Crippen LogP contribution in [0.15, 0.2) is 18.2 Å². The number of hydrogen-bond donors (Lipinski definition) is 1. The van der Waals surface area contributed by atoms with Gasteiger partial charge in [0.2, 0.25) is 0 Å². The average molecular weight is 286 g/mol. The minimum Gasteiger partial charge on any atom is -0.371 e. The summed E-state index contributed by atoms with van der Waals surface area (Å²) in [5, 5.41) is 3.19. The molecule has 5 heteroatoms. The van der Waals surface area contributed by atoms with Crippen molar-refractivity contribution in [2.75, 3.05) is 24.5 Å². The summed E-state index contributed by atoms with van der Waals surface area (Å²) in [4.78, 5) is 2.09. The van der Waals surface area contributed by atoms with Crippen LogP contribution in [-0.2, 0) is 12.7 Å². The highest BCUT2D eigenvalue weighted by Crippen LogP contribution is 2.34. The molecule has 2 nitrogen and oxygen atoms in total. The lowest BCUT2D eigenvalue weighted by Crippen LogP contribution is -2.31. The Hall–Kier alpha value is -1.23. The van der Waals surface area contributed by atoms with Gasteiger partial charge in [-0.25, -0.2) is 0 Å². The summed E-state index contributed by atoms with van der Waals surface area (Å²) in [5.41, 5.74) is 1.13. The molecule has 0 bridgehead atoms. The normalized spacial score (nSPS) is 16.5. The highest BCUT2D eigenvalue weighted by atomic mass is 19.4. The van der Waals surface area contributed by atoms with Crippen LogP contribution in [0.3, 0.4) is 0 Å². The van der Waals surface area contributed by atoms with E-state index in [1.165, 1.54) is 12.1 Å². The van der Waals surface area contributed by atoms with E-state index in [2.05, 4.69) is 10.2 Å². The predicted molar refractivity (Wildman–Crippen MR) is 74.9 cm³/mol. The Morgan fingerprint density at radius 2 is 1.85 bits per heavy atom. The van der Waals surface area contributed by atoms with Gasteiger partial charge in [0.05, 0.1) is 5.56 Å². The van der Waals surface area contributed by atoms with Gasteiger partial charge in [-0.15, -0.1) is 0 Å². The number of anilines is 1. The minimum absolute atomic E-state index is 0.557. The van der Waals surface area contributed by atoms with Gasteiger partial charge in [-0.1, -0.05) is 13.0 Å². The first-order valence-electron chi connectivity index (χ1n) is 7.18. The van der Waals surface area contributed by atoms with E-state index in [1.54, 1.807) is 6.07 Å². The van der Waals surface area contributed by atoms with E-state index in [9.17, 15) is 13.2 Å². The van der Waals surface area contributed by atoms with Crippen molar-refractivity contribution in [1.82, 2.24) is 5.32 Å². The maximum atomic E-state index is 12.9. The lowest BCUT2D eigenvalue weighted by molar-refractivity contribution is -0.137. The lowest BCUT2D eigenvalue weighted by Gasteiger charge is -2.31. The van der Waals surface area contributed by atoms with Crippen molar-refractivity contribution in [2.24, 2.45) is 0 Å². The number of nitrogens with zero attached hydrogens (tertiary/aromatic N) is 1. The van der Waals surface area contributed by atoms with Crippen LogP contribution in [0.2, 0.25) is 0 Å². The Labute approximate surface area is 118 Å². The predicted octanol–water partition coefficient (Wildman–Crippen LogP) is 3.81. The third kappa shape index (κ3) is 3.66. The van der Waals surface area contributed by atoms with Crippen LogP contribution in [0.1, 0.15) is 37.3 Å². The molecule has 2 rings (SSSR count). The Morgan fingerprint density at radius 1 is 1.15 bits per heavy atom. The summed E-state index contributed by atoms with van der Waals surface area (Å²) in [6.07, 6.45) is -1.01. The fourth-order valence-electron chi connectivity index (χ4n) is 2.58. The smallest absolute Gasteiger partial charge is 0.371 e. The first-order valence-corrected chi connectivity index (χ1v) is 7.18. The maximum Gasteiger partial charge on any atom is 0.416 e. The van der Waals surface area contributed by atoms with Crippen molar-refractivity contribution in [3.8, 4) is 0 Å². The third-order valence-electron chi connectivity index (χ3n) is 3.67. The Balaban J connectivity index is 2.31. The molecule has 20 heavy (non-hydrogen) atoms. The second kappa shape index (κ2) is 6.48. The number of benzene rings is 1. The van der Waals surface area contributed by atoms with Crippen LogP contribution in [0.25, 0.3) is 0 Å². The zero-order valence-corrected chi connectivity index (χ0v) is 11.8. The van der Waals surface area contributed by atoms with E-state index in [0.29, 0.717) is 6.54 Å². The quantitative estimate of drug-likeness (QED) is 0.905. The van der Waals surface area contributed by atoms with Gasteiger partial charge in [-0.05, 0) is 43.5 Å². The number of halogens is 3. The number of rotatable bonds is 4. The molecular formula is C15H21F3N2. The van der Waals surface area contributed by atoms with Crippen molar-refractivity contribution in [1.29, 1.82) is 0 Å². The molecule has 1 aliphatic rings. The molecule has 1 aromatic rings. The van der Waals surface area contributed by atoms with Crippen LogP contribution in [-0.4, -0.2) is 19.6 Å². The monoisotopic (exact) mass is 286 g/mol. The summed E-state index contributed by atoms with van der Waals surface area (Å²) in [5.74, 6) is 0. The molecule has 0 spiro atoms. The van der Waals surface area contributed by atoms with Gasteiger partial charge >= 0.3 is 6.18 Å². The number of piperidine rings is 1. The van der Waals surface area contributed by atoms with Gasteiger partial charge in [0, 0.05) is 25.3 Å². The molecule has 1 heterocycles. The van der Waals surface area contributed by atoms with E-state index < -0.39 is 11.7 Å². The van der Waals surface area contributed by atoms with E-state index in [4.69, 9.17) is 0 Å². The Kier molecular flexibility index (Phi) is 4.91. The highest BCUT2D eigenvalue weighted by molar-refractivity contribution is 5.56. The molecule has 1 fully saturated rings. The first kappa shape index (κ1) is 15.2. The molecule has 0 saturated carbocycles. The van der Waals surface area contributed by atoms with Crippen LogP contribution >= 0.6 is 0 Å². The summed E-state index contributed by atoms with van der Waals surface area (Å²) in [6.45, 7) is 5.10. The van der Waals surface area contributed by atoms with Crippen molar-refractivity contribution >= 4 is 5.69 Å². The molecule has 112 valence electrons. The fourth-order valence-corrected chi connectivity index (χ4v) is 2.58. The number of hydrogen-bond acceptors (Lipinski definition) is 2. The van der Waals surface area contributed by atoms with Crippen molar-refractivity contribution in [3.05, 3.63) is 29.3 Å². The maximum absolute atomic E-state index is 12.9. The van der Waals surface area contributed by atoms with Gasteiger partial charge in [0.25, 0.3) is 0 Å². The van der Waals surface area contributed by atoms with Crippen LogP contribution in [0.4, 0.5) is 18.9 Å². The Bertz CT molecular complexity index is 437. The zero-order valence-electron chi connectivity index (χ0n) is 11.8. The molecule has 1 saturated heterocycles. The summed E-state index contributed by atoms with van der Waals surface area (Å²) in [6, 6.07) is 4.09. The molecule has 1 aromatic carbocycles. The molecule has 0 atom stereocenters. The van der Waals surface area contributed by atoms with E-state index in [1.807, 2.05) is 6.92 Å². The largest absolute Gasteiger partial charge is 0.416 e. The topological polar surface area (TPSA) is 15.3 Å². The average Bonchev–Trinajstić information content (AvgIpc) is 2.45. The fraction of sp³-hybridized carbons (Fsp3) is 0.600. The van der Waals surface area contributed by atoms with Gasteiger partial charge in [-0.2, -0.15) is 13.2 Å². The number of nitrogens with one attached hydrogen (secondary N) is 1. The van der Waals surface area contributed by atoms with E-state index in [-0.39, 0.29) is 0 Å². The molecule has 0 aromatic heterocycles. The zero-order chi connectivity index (χ0) is 14.6. The summed E-state index contributed by atoms with van der Waals surface area (Å²) < 4.78 is 38.7. The second-order valence-corrected chi connectivity index (χ2v) is 5.17. The van der Waals surface area contributed by atoms with Gasteiger partial charge in [0.15, 0.2) is 0 Å². The minimum atomic E-state index is -4.28. The molecule has 0 aliphatic carbocycles. The van der Waals surface area contributed by atoms with Crippen LogP contribution in [0, 0.1) is 0 Å². The van der Waals surface area contributed by atoms with Crippen molar-refractivity contribution in [2.45, 2.75) is 38.9 Å². The van der Waals surface area contributed by atoms with E-state index in [0.717, 1.165) is 50.1 Å². The second-order valence-electron chi connectivity index (χ2n) is 5.17. The van der Waals surface area contributed by atoms with Crippen LogP contribution < -0.4 is 10.2 Å². The lowest BCUT2D eigenvalue weighted by atomic mass is 10.0. The van der Waals surface area contributed by atoms with Crippen LogP contribution in [0.5, 0.6) is 0 Å². The third-order valence-corrected chi connectivity index (χ3v) is 3.67. The molecule has 0 amide bonds. The molecule has 0 radical (unpaired) electrons. The molecule has 0 unspecified atom stereocenters. The molecule has 1 N–H and O–H groups in total. The van der Waals surface area contributed by atoms with Gasteiger partial charge in [0.1, 0.15) is 0 Å². The van der Waals surface area contributed by atoms with Gasteiger partial charge < -0.3 is 10.2 Å². The molecule has 1 aliphatic heterocycles. The van der Waals surface area contributed by atoms with Gasteiger partial charge in [-0.3, -0.25) is 0 Å². The Morgan fingerprint density at radius 3 is 2.45 bits per heavy atom. The summed E-state index contributed by atoms with van der Waals surface area (Å²) in [7, 11) is 0. The highest BCUT2D eigenvalue weighted by Gasteiger charge is 2.31. The van der Waals surface area contributed by atoms with E-state index >= 15 is 0 Å². The SMILES string of the molecule is CCNCc1ccc(C(F)(F)F)cc1N1CCCCC1. The van der Waals surface area contributed by atoms with Crippen molar-refractivity contribution in [3.63, 3.8) is 0 Å². The number of alkyl halides is 3. The molecular weight excluding hydrogens is 265 g/mol.